The number of hydrogen-bond acceptors (Lipinski definition) is 2. The van der Waals surface area contributed by atoms with E-state index in [0.717, 1.165) is 28.4 Å². The summed E-state index contributed by atoms with van der Waals surface area (Å²) in [6.07, 6.45) is 3.42. The average molecular weight is 428 g/mol. The highest BCUT2D eigenvalue weighted by Crippen LogP contribution is 2.64. The quantitative estimate of drug-likeness (QED) is 0.548. The van der Waals surface area contributed by atoms with E-state index in [1.54, 1.807) is 12.1 Å². The molecule has 3 rings (SSSR count). The summed E-state index contributed by atoms with van der Waals surface area (Å²) < 4.78 is 0.962. The Morgan fingerprint density at radius 1 is 1.36 bits per heavy atom. The molecule has 0 spiro atoms. The molecule has 2 aliphatic rings. The zero-order valence-corrected chi connectivity index (χ0v) is 16.0. The van der Waals surface area contributed by atoms with E-state index in [-0.39, 0.29) is 16.7 Å². The van der Waals surface area contributed by atoms with Crippen molar-refractivity contribution in [1.29, 1.82) is 0 Å². The topological polar surface area (TPSA) is 41.5 Å². The minimum Gasteiger partial charge on any atom is -0.267 e. The van der Waals surface area contributed by atoms with Crippen LogP contribution >= 0.6 is 31.9 Å². The van der Waals surface area contributed by atoms with Gasteiger partial charge in [0.15, 0.2) is 0 Å². The van der Waals surface area contributed by atoms with E-state index in [1.807, 2.05) is 12.1 Å². The number of hydrogen-bond donors (Lipinski definition) is 1. The molecule has 5 heteroatoms. The summed E-state index contributed by atoms with van der Waals surface area (Å²) in [6, 6.07) is 7.32. The maximum absolute atomic E-state index is 12.2. The highest BCUT2D eigenvalue weighted by atomic mass is 79.9. The monoisotopic (exact) mass is 426 g/mol. The highest BCUT2D eigenvalue weighted by Gasteiger charge is 2.61. The van der Waals surface area contributed by atoms with Crippen LogP contribution in [0.15, 0.2) is 33.8 Å². The summed E-state index contributed by atoms with van der Waals surface area (Å²) in [5.41, 5.74) is 4.86. The van der Waals surface area contributed by atoms with Gasteiger partial charge in [0.05, 0.1) is 0 Å². The lowest BCUT2D eigenvalue weighted by Gasteiger charge is -2.36. The predicted octanol–water partition coefficient (Wildman–Crippen LogP) is 4.76. The van der Waals surface area contributed by atoms with Crippen molar-refractivity contribution in [2.45, 2.75) is 33.1 Å². The third-order valence-electron chi connectivity index (χ3n) is 5.91. The molecule has 3 nitrogen and oxygen atoms in total. The maximum atomic E-state index is 12.2. The van der Waals surface area contributed by atoms with E-state index in [0.29, 0.717) is 11.5 Å². The molecule has 118 valence electrons. The van der Waals surface area contributed by atoms with Gasteiger partial charge in [-0.3, -0.25) is 4.79 Å². The number of nitrogens with zero attached hydrogens (tertiary/aromatic N) is 1. The Hall–Kier alpha value is -0.680. The SMILES string of the molecule is C[C@]12CC[C@H](C/C1=N/NC(=O)c1ccc(Br)cc1)[C@@]2(C)CBr. The molecule has 0 saturated heterocycles. The number of rotatable bonds is 3. The summed E-state index contributed by atoms with van der Waals surface area (Å²) >= 11 is 7.07. The van der Waals surface area contributed by atoms with Crippen molar-refractivity contribution in [3.8, 4) is 0 Å². The molecule has 0 aromatic heterocycles. The van der Waals surface area contributed by atoms with Crippen molar-refractivity contribution in [3.63, 3.8) is 0 Å². The lowest BCUT2D eigenvalue weighted by atomic mass is 9.70. The summed E-state index contributed by atoms with van der Waals surface area (Å²) in [5, 5.41) is 5.49. The van der Waals surface area contributed by atoms with E-state index in [2.05, 4.69) is 56.2 Å². The molecular weight excluding hydrogens is 408 g/mol. The molecule has 1 amide bonds. The Morgan fingerprint density at radius 2 is 2.05 bits per heavy atom. The molecule has 3 atom stereocenters. The number of carbonyl (C=O) groups is 1. The predicted molar refractivity (Wildman–Crippen MR) is 96.4 cm³/mol. The van der Waals surface area contributed by atoms with Gasteiger partial charge in [0.1, 0.15) is 0 Å². The molecule has 1 aromatic carbocycles. The number of nitrogens with one attached hydrogen (secondary N) is 1. The van der Waals surface area contributed by atoms with Crippen LogP contribution in [0.5, 0.6) is 0 Å². The van der Waals surface area contributed by atoms with Gasteiger partial charge >= 0.3 is 0 Å². The number of amides is 1. The maximum Gasteiger partial charge on any atom is 0.271 e. The second-order valence-electron chi connectivity index (χ2n) is 6.83. The average Bonchev–Trinajstić information content (AvgIpc) is 2.89. The van der Waals surface area contributed by atoms with Crippen molar-refractivity contribution in [1.82, 2.24) is 5.43 Å². The van der Waals surface area contributed by atoms with Gasteiger partial charge in [-0.25, -0.2) is 5.43 Å². The number of benzene rings is 1. The lowest BCUT2D eigenvalue weighted by Crippen LogP contribution is -2.37. The molecule has 2 bridgehead atoms. The fraction of sp³-hybridized carbons (Fsp3) is 0.529. The first kappa shape index (κ1) is 16.2. The second-order valence-corrected chi connectivity index (χ2v) is 8.31. The molecule has 0 heterocycles. The van der Waals surface area contributed by atoms with E-state index < -0.39 is 0 Å². The van der Waals surface area contributed by atoms with Crippen LogP contribution in [0.4, 0.5) is 0 Å². The molecule has 22 heavy (non-hydrogen) atoms. The zero-order valence-electron chi connectivity index (χ0n) is 12.8. The molecule has 2 fully saturated rings. The van der Waals surface area contributed by atoms with Crippen molar-refractivity contribution < 1.29 is 4.79 Å². The van der Waals surface area contributed by atoms with E-state index in [1.165, 1.54) is 6.42 Å². The van der Waals surface area contributed by atoms with Crippen molar-refractivity contribution in [2.24, 2.45) is 21.8 Å². The minimum absolute atomic E-state index is 0.0914. The number of halogens is 2. The van der Waals surface area contributed by atoms with Crippen LogP contribution < -0.4 is 5.43 Å². The fourth-order valence-electron chi connectivity index (χ4n) is 3.99. The molecule has 0 radical (unpaired) electrons. The number of alkyl halides is 1. The first-order valence-electron chi connectivity index (χ1n) is 7.59. The highest BCUT2D eigenvalue weighted by molar-refractivity contribution is 9.10. The zero-order chi connectivity index (χ0) is 16.0. The van der Waals surface area contributed by atoms with Crippen molar-refractivity contribution in [2.75, 3.05) is 5.33 Å². The lowest BCUT2D eigenvalue weighted by molar-refractivity contribution is 0.0954. The molecule has 0 unspecified atom stereocenters. The minimum atomic E-state index is -0.146. The summed E-state index contributed by atoms with van der Waals surface area (Å²) in [5.74, 6) is 0.520. The van der Waals surface area contributed by atoms with Crippen molar-refractivity contribution >= 4 is 43.5 Å². The molecule has 2 aliphatic carbocycles. The van der Waals surface area contributed by atoms with Gasteiger partial charge in [-0.1, -0.05) is 45.7 Å². The second kappa shape index (κ2) is 5.75. The van der Waals surface area contributed by atoms with Crippen LogP contribution in [-0.2, 0) is 0 Å². The summed E-state index contributed by atoms with van der Waals surface area (Å²) in [4.78, 5) is 12.2. The van der Waals surface area contributed by atoms with Crippen LogP contribution in [0.25, 0.3) is 0 Å². The van der Waals surface area contributed by atoms with Crippen LogP contribution in [0.3, 0.4) is 0 Å². The molecular formula is C17H20Br2N2O. The summed E-state index contributed by atoms with van der Waals surface area (Å²) in [7, 11) is 0. The third-order valence-corrected chi connectivity index (χ3v) is 7.60. The van der Waals surface area contributed by atoms with Crippen LogP contribution in [0, 0.1) is 16.7 Å². The molecule has 1 N–H and O–H groups in total. The Morgan fingerprint density at radius 3 is 2.64 bits per heavy atom. The van der Waals surface area contributed by atoms with Gasteiger partial charge in [0, 0.05) is 26.5 Å². The van der Waals surface area contributed by atoms with Gasteiger partial charge in [0.25, 0.3) is 5.91 Å². The van der Waals surface area contributed by atoms with E-state index in [9.17, 15) is 4.79 Å². The van der Waals surface area contributed by atoms with Gasteiger partial charge in [-0.2, -0.15) is 5.10 Å². The molecule has 0 aliphatic heterocycles. The van der Waals surface area contributed by atoms with Crippen molar-refractivity contribution in [3.05, 3.63) is 34.3 Å². The van der Waals surface area contributed by atoms with Gasteiger partial charge < -0.3 is 0 Å². The van der Waals surface area contributed by atoms with Crippen LogP contribution in [0.2, 0.25) is 0 Å². The largest absolute Gasteiger partial charge is 0.271 e. The standard InChI is InChI=1S/C17H20Br2N2O/c1-16-8-7-12(17(16,2)10-18)9-14(16)20-21-15(22)11-3-5-13(19)6-4-11/h3-6,12H,7-10H2,1-2H3,(H,21,22)/b20-14-/t12-,16+,17-/m1/s1. The smallest absolute Gasteiger partial charge is 0.267 e. The Balaban J connectivity index is 1.77. The first-order chi connectivity index (χ1) is 10.4. The Bertz CT molecular complexity index is 628. The summed E-state index contributed by atoms with van der Waals surface area (Å²) in [6.45, 7) is 4.64. The van der Waals surface area contributed by atoms with Gasteiger partial charge in [-0.15, -0.1) is 0 Å². The molecule has 1 aromatic rings. The normalized spacial score (nSPS) is 35.1. The van der Waals surface area contributed by atoms with E-state index >= 15 is 0 Å². The number of hydrazone groups is 1. The van der Waals surface area contributed by atoms with Crippen LogP contribution in [0.1, 0.15) is 43.5 Å². The first-order valence-corrected chi connectivity index (χ1v) is 9.51. The van der Waals surface area contributed by atoms with Crippen LogP contribution in [-0.4, -0.2) is 16.9 Å². The van der Waals surface area contributed by atoms with Gasteiger partial charge in [-0.05, 0) is 54.9 Å². The van der Waals surface area contributed by atoms with Gasteiger partial charge in [0.2, 0.25) is 0 Å². The number of fused-ring (bicyclic) bond motifs is 2. The Kier molecular flexibility index (Phi) is 4.23. The third kappa shape index (κ3) is 2.37. The molecule has 2 saturated carbocycles. The number of carbonyl (C=O) groups excluding carboxylic acids is 1. The van der Waals surface area contributed by atoms with E-state index in [4.69, 9.17) is 0 Å². The Labute approximate surface area is 148 Å². The fourth-order valence-corrected chi connectivity index (χ4v) is 5.33.